The maximum Gasteiger partial charge on any atom is 0.0941 e. The van der Waals surface area contributed by atoms with Crippen LogP contribution in [0, 0.1) is 11.8 Å². The number of thiophene rings is 1. The molecule has 12 heavy (non-hydrogen) atoms. The molecule has 2 N–H and O–H groups in total. The summed E-state index contributed by atoms with van der Waals surface area (Å²) < 4.78 is 0.768. The second-order valence-corrected chi connectivity index (χ2v) is 4.10. The van der Waals surface area contributed by atoms with Crippen molar-refractivity contribution in [2.24, 2.45) is 5.73 Å². The molecule has 1 nitrogen and oxygen atoms in total. The lowest BCUT2D eigenvalue weighted by molar-refractivity contribution is 0.806. The number of hydrogen-bond acceptors (Lipinski definition) is 2. The Hall–Kier alpha value is -0.490. The van der Waals surface area contributed by atoms with E-state index < -0.39 is 0 Å². The fraction of sp³-hybridized carbons (Fsp3) is 0.333. The van der Waals surface area contributed by atoms with Crippen molar-refractivity contribution in [3.05, 3.63) is 21.3 Å². The molecular weight excluding hydrogens is 190 g/mol. The first-order chi connectivity index (χ1) is 5.72. The summed E-state index contributed by atoms with van der Waals surface area (Å²) >= 11 is 7.21. The van der Waals surface area contributed by atoms with Crippen LogP contribution in [0.5, 0.6) is 0 Å². The van der Waals surface area contributed by atoms with Crippen LogP contribution in [0.2, 0.25) is 4.34 Å². The summed E-state index contributed by atoms with van der Waals surface area (Å²) in [5.74, 6) is 5.92. The van der Waals surface area contributed by atoms with Crippen LogP contribution in [0.3, 0.4) is 0 Å². The molecule has 1 aromatic rings. The zero-order valence-corrected chi connectivity index (χ0v) is 8.38. The van der Waals surface area contributed by atoms with Crippen molar-refractivity contribution in [1.82, 2.24) is 0 Å². The molecule has 3 heteroatoms. The second kappa shape index (κ2) is 4.51. The zero-order valence-electron chi connectivity index (χ0n) is 6.80. The van der Waals surface area contributed by atoms with Crippen LogP contribution in [0.4, 0.5) is 0 Å². The second-order valence-electron chi connectivity index (χ2n) is 2.39. The fourth-order valence-electron chi connectivity index (χ4n) is 0.647. The average molecular weight is 200 g/mol. The molecule has 0 aliphatic rings. The first kappa shape index (κ1) is 9.60. The number of halogens is 1. The van der Waals surface area contributed by atoms with Crippen LogP contribution >= 0.6 is 22.9 Å². The predicted octanol–water partition coefficient (Wildman–Crippen LogP) is 2.49. The molecule has 0 aromatic carbocycles. The van der Waals surface area contributed by atoms with E-state index in [4.69, 9.17) is 17.3 Å². The standard InChI is InChI=1S/C9H10ClNS/c1-2-7(11)3-4-8-5-6-9(10)12-8/h5-7H,2,11H2,1H3. The van der Waals surface area contributed by atoms with Crippen molar-refractivity contribution in [3.63, 3.8) is 0 Å². The topological polar surface area (TPSA) is 26.0 Å². The van der Waals surface area contributed by atoms with Crippen LogP contribution in [0.15, 0.2) is 12.1 Å². The maximum atomic E-state index is 5.73. The summed E-state index contributed by atoms with van der Waals surface area (Å²) in [6, 6.07) is 3.72. The first-order valence-electron chi connectivity index (χ1n) is 3.75. The SMILES string of the molecule is CCC(N)C#Cc1ccc(Cl)s1. The highest BCUT2D eigenvalue weighted by molar-refractivity contribution is 7.16. The Kier molecular flexibility index (Phi) is 3.61. The van der Waals surface area contributed by atoms with E-state index in [2.05, 4.69) is 11.8 Å². The smallest absolute Gasteiger partial charge is 0.0941 e. The minimum absolute atomic E-state index is 0.0223. The molecule has 0 fully saturated rings. The van der Waals surface area contributed by atoms with Gasteiger partial charge in [-0.25, -0.2) is 0 Å². The van der Waals surface area contributed by atoms with E-state index >= 15 is 0 Å². The zero-order chi connectivity index (χ0) is 8.97. The molecule has 1 atom stereocenters. The van der Waals surface area contributed by atoms with Gasteiger partial charge in [0.1, 0.15) is 0 Å². The lowest BCUT2D eigenvalue weighted by Crippen LogP contribution is -2.15. The first-order valence-corrected chi connectivity index (χ1v) is 4.94. The molecule has 0 saturated carbocycles. The van der Waals surface area contributed by atoms with Crippen molar-refractivity contribution in [2.75, 3.05) is 0 Å². The van der Waals surface area contributed by atoms with Gasteiger partial charge in [0.05, 0.1) is 15.3 Å². The molecule has 0 aliphatic heterocycles. The fourth-order valence-corrected chi connectivity index (χ4v) is 1.55. The van der Waals surface area contributed by atoms with E-state index in [-0.39, 0.29) is 6.04 Å². The molecule has 1 unspecified atom stereocenters. The number of nitrogens with two attached hydrogens (primary N) is 1. The largest absolute Gasteiger partial charge is 0.318 e. The van der Waals surface area contributed by atoms with Gasteiger partial charge in [-0.05, 0) is 18.6 Å². The van der Waals surface area contributed by atoms with Gasteiger partial charge in [0.25, 0.3) is 0 Å². The molecule has 0 saturated heterocycles. The van der Waals surface area contributed by atoms with Gasteiger partial charge in [0.15, 0.2) is 0 Å². The quantitative estimate of drug-likeness (QED) is 0.692. The highest BCUT2D eigenvalue weighted by Gasteiger charge is 1.93. The minimum Gasteiger partial charge on any atom is -0.318 e. The van der Waals surface area contributed by atoms with Gasteiger partial charge in [-0.3, -0.25) is 0 Å². The van der Waals surface area contributed by atoms with Crippen LogP contribution in [0.1, 0.15) is 18.2 Å². The maximum absolute atomic E-state index is 5.73. The summed E-state index contributed by atoms with van der Waals surface area (Å²) in [7, 11) is 0. The van der Waals surface area contributed by atoms with E-state index in [0.717, 1.165) is 15.6 Å². The molecule has 0 spiro atoms. The van der Waals surface area contributed by atoms with E-state index in [0.29, 0.717) is 0 Å². The third kappa shape index (κ3) is 2.86. The number of rotatable bonds is 1. The third-order valence-corrected chi connectivity index (χ3v) is 2.54. The van der Waals surface area contributed by atoms with Gasteiger partial charge in [0.2, 0.25) is 0 Å². The van der Waals surface area contributed by atoms with Gasteiger partial charge in [-0.2, -0.15) is 0 Å². The van der Waals surface area contributed by atoms with Crippen molar-refractivity contribution in [3.8, 4) is 11.8 Å². The Morgan fingerprint density at radius 2 is 2.42 bits per heavy atom. The summed E-state index contributed by atoms with van der Waals surface area (Å²) in [5, 5.41) is 0. The highest BCUT2D eigenvalue weighted by Crippen LogP contribution is 2.20. The summed E-state index contributed by atoms with van der Waals surface area (Å²) in [6.45, 7) is 2.01. The molecule has 1 aromatic heterocycles. The molecular formula is C9H10ClNS. The molecule has 1 rings (SSSR count). The van der Waals surface area contributed by atoms with Crippen LogP contribution in [0.25, 0.3) is 0 Å². The van der Waals surface area contributed by atoms with Crippen LogP contribution in [-0.4, -0.2) is 6.04 Å². The molecule has 0 radical (unpaired) electrons. The minimum atomic E-state index is -0.0223. The molecule has 1 heterocycles. The molecule has 0 bridgehead atoms. The molecule has 64 valence electrons. The Balaban J connectivity index is 2.66. The van der Waals surface area contributed by atoms with Crippen molar-refractivity contribution in [1.29, 1.82) is 0 Å². The Morgan fingerprint density at radius 1 is 1.67 bits per heavy atom. The van der Waals surface area contributed by atoms with Gasteiger partial charge in [0, 0.05) is 0 Å². The third-order valence-electron chi connectivity index (χ3n) is 1.39. The Morgan fingerprint density at radius 3 is 2.92 bits per heavy atom. The van der Waals surface area contributed by atoms with Crippen LogP contribution < -0.4 is 5.73 Å². The van der Waals surface area contributed by atoms with Gasteiger partial charge < -0.3 is 5.73 Å². The van der Waals surface area contributed by atoms with Gasteiger partial charge in [-0.15, -0.1) is 11.3 Å². The lowest BCUT2D eigenvalue weighted by Gasteiger charge is -1.93. The Labute approximate surface area is 81.5 Å². The van der Waals surface area contributed by atoms with E-state index in [1.807, 2.05) is 19.1 Å². The highest BCUT2D eigenvalue weighted by atomic mass is 35.5. The van der Waals surface area contributed by atoms with Crippen LogP contribution in [-0.2, 0) is 0 Å². The summed E-state index contributed by atoms with van der Waals surface area (Å²) in [6.07, 6.45) is 0.881. The number of hydrogen-bond donors (Lipinski definition) is 1. The van der Waals surface area contributed by atoms with E-state index in [9.17, 15) is 0 Å². The summed E-state index contributed by atoms with van der Waals surface area (Å²) in [5.41, 5.74) is 5.63. The van der Waals surface area contributed by atoms with E-state index in [1.54, 1.807) is 0 Å². The van der Waals surface area contributed by atoms with Gasteiger partial charge >= 0.3 is 0 Å². The average Bonchev–Trinajstić information content (AvgIpc) is 2.47. The van der Waals surface area contributed by atoms with Crippen molar-refractivity contribution < 1.29 is 0 Å². The lowest BCUT2D eigenvalue weighted by atomic mass is 10.2. The van der Waals surface area contributed by atoms with Crippen molar-refractivity contribution in [2.45, 2.75) is 19.4 Å². The summed E-state index contributed by atoms with van der Waals surface area (Å²) in [4.78, 5) is 0.976. The molecule has 0 amide bonds. The monoisotopic (exact) mass is 199 g/mol. The van der Waals surface area contributed by atoms with Crippen molar-refractivity contribution >= 4 is 22.9 Å². The van der Waals surface area contributed by atoms with E-state index in [1.165, 1.54) is 11.3 Å². The normalized spacial score (nSPS) is 11.9. The van der Waals surface area contributed by atoms with Gasteiger partial charge in [-0.1, -0.05) is 30.4 Å². The predicted molar refractivity (Wildman–Crippen MR) is 54.5 cm³/mol. The Bertz CT molecular complexity index is 308. The molecule has 0 aliphatic carbocycles.